The van der Waals surface area contributed by atoms with Crippen LogP contribution in [-0.4, -0.2) is 41.9 Å². The highest BCUT2D eigenvalue weighted by atomic mass is 16.1. The number of rotatable bonds is 5. The third kappa shape index (κ3) is 4.54. The van der Waals surface area contributed by atoms with Gasteiger partial charge in [0.05, 0.1) is 0 Å². The average Bonchev–Trinajstić information content (AvgIpc) is 2.74. The summed E-state index contributed by atoms with van der Waals surface area (Å²) in [6, 6.07) is 17.9. The highest BCUT2D eigenvalue weighted by Crippen LogP contribution is 2.21. The minimum absolute atomic E-state index is 0.0608. The third-order valence-corrected chi connectivity index (χ3v) is 5.14. The second kappa shape index (κ2) is 8.31. The minimum atomic E-state index is 0.0608. The van der Waals surface area contributed by atoms with Crippen LogP contribution >= 0.6 is 0 Å². The number of nitrogens with one attached hydrogen (secondary N) is 1. The highest BCUT2D eigenvalue weighted by molar-refractivity contribution is 5.94. The Labute approximate surface area is 171 Å². The van der Waals surface area contributed by atoms with Crippen LogP contribution in [0, 0.1) is 6.92 Å². The van der Waals surface area contributed by atoms with E-state index < -0.39 is 0 Å². The summed E-state index contributed by atoms with van der Waals surface area (Å²) in [6.45, 7) is 7.33. The fourth-order valence-corrected chi connectivity index (χ4v) is 3.50. The van der Waals surface area contributed by atoms with E-state index in [4.69, 9.17) is 0 Å². The van der Waals surface area contributed by atoms with Gasteiger partial charge in [-0.05, 0) is 61.9 Å². The summed E-state index contributed by atoms with van der Waals surface area (Å²) in [4.78, 5) is 25.2. The van der Waals surface area contributed by atoms with Gasteiger partial charge in [-0.15, -0.1) is 0 Å². The number of hydrogen-bond donors (Lipinski definition) is 1. The molecule has 1 saturated heterocycles. The summed E-state index contributed by atoms with van der Waals surface area (Å²) in [5.41, 5.74) is 4.15. The van der Waals surface area contributed by atoms with Crippen molar-refractivity contribution < 1.29 is 4.79 Å². The molecule has 148 valence electrons. The summed E-state index contributed by atoms with van der Waals surface area (Å²) >= 11 is 0. The first-order chi connectivity index (χ1) is 14.1. The van der Waals surface area contributed by atoms with Crippen molar-refractivity contribution in [1.82, 2.24) is 9.97 Å². The van der Waals surface area contributed by atoms with E-state index in [1.54, 1.807) is 13.1 Å². The molecule has 0 atom stereocenters. The number of ketones is 1. The Morgan fingerprint density at radius 3 is 2.38 bits per heavy atom. The molecule has 0 saturated carbocycles. The minimum Gasteiger partial charge on any atom is -0.368 e. The third-order valence-electron chi connectivity index (χ3n) is 5.14. The molecule has 0 spiro atoms. The lowest BCUT2D eigenvalue weighted by Gasteiger charge is -2.36. The molecule has 1 aromatic heterocycles. The summed E-state index contributed by atoms with van der Waals surface area (Å²) in [6.07, 6.45) is 1.78. The van der Waals surface area contributed by atoms with E-state index in [9.17, 15) is 4.79 Å². The molecule has 2 aromatic carbocycles. The number of carbonyl (C=O) groups is 1. The van der Waals surface area contributed by atoms with Gasteiger partial charge in [0, 0.05) is 49.3 Å². The smallest absolute Gasteiger partial charge is 0.227 e. The number of aryl methyl sites for hydroxylation is 1. The molecule has 1 aliphatic rings. The van der Waals surface area contributed by atoms with Crippen LogP contribution in [0.5, 0.6) is 0 Å². The molecule has 1 aliphatic heterocycles. The Kier molecular flexibility index (Phi) is 5.42. The zero-order valence-electron chi connectivity index (χ0n) is 16.8. The Balaban J connectivity index is 1.41. The first kappa shape index (κ1) is 18.9. The zero-order valence-corrected chi connectivity index (χ0v) is 16.8. The molecule has 29 heavy (non-hydrogen) atoms. The van der Waals surface area contributed by atoms with E-state index in [1.807, 2.05) is 30.3 Å². The van der Waals surface area contributed by atoms with Gasteiger partial charge in [0.2, 0.25) is 5.95 Å². The number of aromatic nitrogens is 2. The lowest BCUT2D eigenvalue weighted by Crippen LogP contribution is -2.47. The Hall–Kier alpha value is -3.41. The molecular formula is C23H25N5O. The van der Waals surface area contributed by atoms with Gasteiger partial charge in [-0.2, -0.15) is 4.98 Å². The molecule has 1 N–H and O–H groups in total. The number of anilines is 4. The van der Waals surface area contributed by atoms with E-state index in [0.717, 1.165) is 43.6 Å². The molecule has 4 rings (SSSR count). The van der Waals surface area contributed by atoms with E-state index in [0.29, 0.717) is 5.56 Å². The normalized spacial score (nSPS) is 14.0. The summed E-state index contributed by atoms with van der Waals surface area (Å²) in [5.74, 6) is 1.54. The summed E-state index contributed by atoms with van der Waals surface area (Å²) < 4.78 is 0. The maximum atomic E-state index is 11.4. The molecule has 0 unspecified atom stereocenters. The first-order valence-electron chi connectivity index (χ1n) is 9.86. The van der Waals surface area contributed by atoms with Crippen molar-refractivity contribution in [2.75, 3.05) is 41.3 Å². The van der Waals surface area contributed by atoms with Crippen LogP contribution in [0.2, 0.25) is 0 Å². The van der Waals surface area contributed by atoms with Crippen molar-refractivity contribution in [3.8, 4) is 0 Å². The lowest BCUT2D eigenvalue weighted by atomic mass is 10.1. The molecule has 0 radical (unpaired) electrons. The van der Waals surface area contributed by atoms with Crippen molar-refractivity contribution >= 4 is 28.9 Å². The maximum Gasteiger partial charge on any atom is 0.227 e. The van der Waals surface area contributed by atoms with Crippen LogP contribution in [0.1, 0.15) is 22.8 Å². The SMILES string of the molecule is CC(=O)c1ccc(Nc2ccnc(N3CCN(c4cccc(C)c4)CC3)n2)cc1. The number of nitrogens with zero attached hydrogens (tertiary/aromatic N) is 4. The lowest BCUT2D eigenvalue weighted by molar-refractivity contribution is 0.101. The van der Waals surface area contributed by atoms with E-state index in [2.05, 4.69) is 56.3 Å². The number of Topliss-reactive ketones (excluding diaryl/α,β-unsaturated/α-hetero) is 1. The van der Waals surface area contributed by atoms with Gasteiger partial charge in [-0.3, -0.25) is 4.79 Å². The monoisotopic (exact) mass is 387 g/mol. The van der Waals surface area contributed by atoms with Crippen LogP contribution < -0.4 is 15.1 Å². The molecule has 0 amide bonds. The second-order valence-corrected chi connectivity index (χ2v) is 7.31. The van der Waals surface area contributed by atoms with Crippen molar-refractivity contribution in [3.05, 3.63) is 71.9 Å². The standard InChI is InChI=1S/C23H25N5O/c1-17-4-3-5-21(16-17)27-12-14-28(15-13-27)23-24-11-10-22(26-23)25-20-8-6-19(7-9-20)18(2)29/h3-11,16H,12-15H2,1-2H3,(H,24,25,26). The largest absolute Gasteiger partial charge is 0.368 e. The predicted octanol–water partition coefficient (Wildman–Crippen LogP) is 4.06. The topological polar surface area (TPSA) is 61.4 Å². The van der Waals surface area contributed by atoms with Crippen LogP contribution in [0.3, 0.4) is 0 Å². The molecular weight excluding hydrogens is 362 g/mol. The molecule has 1 fully saturated rings. The van der Waals surface area contributed by atoms with Crippen LogP contribution in [0.15, 0.2) is 60.8 Å². The van der Waals surface area contributed by atoms with Crippen LogP contribution in [0.4, 0.5) is 23.1 Å². The molecule has 6 heteroatoms. The number of hydrogen-bond acceptors (Lipinski definition) is 6. The van der Waals surface area contributed by atoms with Gasteiger partial charge in [-0.1, -0.05) is 12.1 Å². The van der Waals surface area contributed by atoms with Gasteiger partial charge in [-0.25, -0.2) is 4.98 Å². The highest BCUT2D eigenvalue weighted by Gasteiger charge is 2.19. The van der Waals surface area contributed by atoms with Crippen molar-refractivity contribution in [2.24, 2.45) is 0 Å². The predicted molar refractivity (Wildman–Crippen MR) is 117 cm³/mol. The molecule has 2 heterocycles. The van der Waals surface area contributed by atoms with Gasteiger partial charge in [0.25, 0.3) is 0 Å². The van der Waals surface area contributed by atoms with E-state index in [-0.39, 0.29) is 5.78 Å². The Morgan fingerprint density at radius 1 is 0.966 bits per heavy atom. The maximum absolute atomic E-state index is 11.4. The number of piperazine rings is 1. The van der Waals surface area contributed by atoms with Gasteiger partial charge >= 0.3 is 0 Å². The number of carbonyl (C=O) groups excluding carboxylic acids is 1. The molecule has 0 aliphatic carbocycles. The van der Waals surface area contributed by atoms with E-state index in [1.165, 1.54) is 11.3 Å². The quantitative estimate of drug-likeness (QED) is 0.666. The average molecular weight is 387 g/mol. The van der Waals surface area contributed by atoms with Gasteiger partial charge in [0.15, 0.2) is 5.78 Å². The summed E-state index contributed by atoms with van der Waals surface area (Å²) in [7, 11) is 0. The number of benzene rings is 2. The van der Waals surface area contributed by atoms with E-state index >= 15 is 0 Å². The van der Waals surface area contributed by atoms with Crippen LogP contribution in [-0.2, 0) is 0 Å². The molecule has 6 nitrogen and oxygen atoms in total. The first-order valence-corrected chi connectivity index (χ1v) is 9.86. The fourth-order valence-electron chi connectivity index (χ4n) is 3.50. The van der Waals surface area contributed by atoms with Crippen molar-refractivity contribution in [3.63, 3.8) is 0 Å². The molecule has 0 bridgehead atoms. The van der Waals surface area contributed by atoms with Gasteiger partial charge < -0.3 is 15.1 Å². The van der Waals surface area contributed by atoms with Crippen molar-refractivity contribution in [1.29, 1.82) is 0 Å². The second-order valence-electron chi connectivity index (χ2n) is 7.31. The Morgan fingerprint density at radius 2 is 1.69 bits per heavy atom. The van der Waals surface area contributed by atoms with Crippen molar-refractivity contribution in [2.45, 2.75) is 13.8 Å². The Bertz CT molecular complexity index is 994. The molecule has 3 aromatic rings. The fraction of sp³-hybridized carbons (Fsp3) is 0.261. The van der Waals surface area contributed by atoms with Gasteiger partial charge in [0.1, 0.15) is 5.82 Å². The zero-order chi connectivity index (χ0) is 20.2. The van der Waals surface area contributed by atoms with Crippen LogP contribution in [0.25, 0.3) is 0 Å². The summed E-state index contributed by atoms with van der Waals surface area (Å²) in [5, 5.41) is 3.29.